The second-order valence-electron chi connectivity index (χ2n) is 11.3. The molecule has 0 saturated carbocycles. The van der Waals surface area contributed by atoms with Crippen LogP contribution in [0.4, 0.5) is 5.69 Å². The van der Waals surface area contributed by atoms with Crippen molar-refractivity contribution in [2.75, 3.05) is 5.32 Å². The van der Waals surface area contributed by atoms with Gasteiger partial charge in [0.1, 0.15) is 22.5 Å². The molecule has 6 nitrogen and oxygen atoms in total. The van der Waals surface area contributed by atoms with Gasteiger partial charge in [-0.25, -0.2) is 0 Å². The van der Waals surface area contributed by atoms with Crippen molar-refractivity contribution in [2.24, 2.45) is 0 Å². The summed E-state index contributed by atoms with van der Waals surface area (Å²) in [5.74, 6) is -0.134. The van der Waals surface area contributed by atoms with Gasteiger partial charge in [-0.15, -0.1) is 15.0 Å². The van der Waals surface area contributed by atoms with E-state index in [1.165, 1.54) is 4.80 Å². The lowest BCUT2D eigenvalue weighted by Gasteiger charge is -2.32. The number of aromatic nitrogens is 3. The number of carbonyl (C=O) groups excluding carboxylic acids is 1. The molecule has 40 heavy (non-hydrogen) atoms. The van der Waals surface area contributed by atoms with E-state index in [4.69, 9.17) is 10.2 Å². The zero-order valence-corrected chi connectivity index (χ0v) is 23.6. The summed E-state index contributed by atoms with van der Waals surface area (Å²) in [5.41, 5.74) is 5.93. The Morgan fingerprint density at radius 1 is 0.775 bits per heavy atom. The third-order valence-electron chi connectivity index (χ3n) is 7.72. The van der Waals surface area contributed by atoms with Crippen molar-refractivity contribution in [1.29, 1.82) is 0 Å². The minimum Gasteiger partial charge on any atom is -0.505 e. The van der Waals surface area contributed by atoms with Crippen molar-refractivity contribution >= 4 is 22.6 Å². The van der Waals surface area contributed by atoms with E-state index in [1.807, 2.05) is 42.5 Å². The predicted molar refractivity (Wildman–Crippen MR) is 161 cm³/mol. The van der Waals surface area contributed by atoms with Gasteiger partial charge in [0, 0.05) is 27.7 Å². The third kappa shape index (κ3) is 4.89. The molecule has 2 N–H and O–H groups in total. The summed E-state index contributed by atoms with van der Waals surface area (Å²) < 4.78 is 0. The molecular weight excluding hydrogens is 496 g/mol. The number of nitrogens with zero attached hydrogens (tertiary/aromatic N) is 3. The van der Waals surface area contributed by atoms with E-state index in [9.17, 15) is 9.90 Å². The first-order chi connectivity index (χ1) is 19.0. The number of phenolic OH excluding ortho intramolecular Hbond substituents is 1. The summed E-state index contributed by atoms with van der Waals surface area (Å²) in [5, 5.41) is 24.0. The maximum Gasteiger partial charge on any atom is 0.250 e. The van der Waals surface area contributed by atoms with Gasteiger partial charge in [-0.2, -0.15) is 0 Å². The van der Waals surface area contributed by atoms with Crippen molar-refractivity contribution in [2.45, 2.75) is 45.4 Å². The first kappa shape index (κ1) is 26.9. The van der Waals surface area contributed by atoms with Crippen LogP contribution in [0.5, 0.6) is 5.75 Å². The molecule has 6 heteroatoms. The van der Waals surface area contributed by atoms with E-state index in [0.29, 0.717) is 28.0 Å². The van der Waals surface area contributed by atoms with Crippen LogP contribution in [-0.2, 0) is 15.6 Å². The molecule has 0 aliphatic carbocycles. The van der Waals surface area contributed by atoms with Gasteiger partial charge in [0.15, 0.2) is 0 Å². The van der Waals surface area contributed by atoms with Crippen molar-refractivity contribution in [1.82, 2.24) is 15.0 Å². The highest BCUT2D eigenvalue weighted by atomic mass is 16.3. The van der Waals surface area contributed by atoms with Gasteiger partial charge >= 0.3 is 0 Å². The first-order valence-corrected chi connectivity index (χ1v) is 13.3. The van der Waals surface area contributed by atoms with Crippen molar-refractivity contribution in [3.8, 4) is 11.4 Å². The van der Waals surface area contributed by atoms with Gasteiger partial charge < -0.3 is 10.4 Å². The molecule has 0 atom stereocenters. The maximum absolute atomic E-state index is 12.1. The average molecular weight is 531 g/mol. The molecule has 1 amide bonds. The quantitative estimate of drug-likeness (QED) is 0.217. The summed E-state index contributed by atoms with van der Waals surface area (Å²) in [4.78, 5) is 13.6. The molecule has 0 spiro atoms. The molecular formula is C34H34N4O2. The fourth-order valence-electron chi connectivity index (χ4n) is 4.98. The van der Waals surface area contributed by atoms with E-state index in [1.54, 1.807) is 25.1 Å². The minimum atomic E-state index is -0.505. The highest BCUT2D eigenvalue weighted by Crippen LogP contribution is 2.43. The third-order valence-corrected chi connectivity index (χ3v) is 7.72. The predicted octanol–water partition coefficient (Wildman–Crippen LogP) is 7.29. The molecule has 0 bridgehead atoms. The monoisotopic (exact) mass is 530 g/mol. The zero-order chi connectivity index (χ0) is 28.7. The Kier molecular flexibility index (Phi) is 6.80. The largest absolute Gasteiger partial charge is 0.505 e. The van der Waals surface area contributed by atoms with Gasteiger partial charge in [-0.3, -0.25) is 4.79 Å². The van der Waals surface area contributed by atoms with Gasteiger partial charge in [0.05, 0.1) is 0 Å². The molecule has 4 aromatic carbocycles. The SMILES string of the molecule is C=C(C)C(=O)Nc1ccc2nn(-c3cc(C(C)(C)c4ccccc4)cc(C(C)(C)c4ccccc4)c3O)nc2c1. The first-order valence-electron chi connectivity index (χ1n) is 13.3. The maximum atomic E-state index is 12.1. The number of hydrogen-bond acceptors (Lipinski definition) is 4. The second kappa shape index (κ2) is 10.1. The molecule has 5 aromatic rings. The summed E-state index contributed by atoms with van der Waals surface area (Å²) in [6.07, 6.45) is 0. The molecule has 0 unspecified atom stereocenters. The molecule has 0 fully saturated rings. The number of phenols is 1. The van der Waals surface area contributed by atoms with E-state index >= 15 is 0 Å². The zero-order valence-electron chi connectivity index (χ0n) is 23.6. The van der Waals surface area contributed by atoms with Crippen LogP contribution in [0.2, 0.25) is 0 Å². The molecule has 5 rings (SSSR count). The number of fused-ring (bicyclic) bond motifs is 1. The van der Waals surface area contributed by atoms with Gasteiger partial charge in [-0.1, -0.05) is 101 Å². The number of nitrogens with one attached hydrogen (secondary N) is 1. The number of amides is 1. The number of anilines is 1. The Hall–Kier alpha value is -4.71. The summed E-state index contributed by atoms with van der Waals surface area (Å²) in [6.45, 7) is 13.9. The van der Waals surface area contributed by atoms with E-state index in [2.05, 4.69) is 69.9 Å². The van der Waals surface area contributed by atoms with Crippen LogP contribution in [-0.4, -0.2) is 26.0 Å². The fraction of sp³-hybridized carbons (Fsp3) is 0.206. The lowest BCUT2D eigenvalue weighted by atomic mass is 9.72. The summed E-state index contributed by atoms with van der Waals surface area (Å²) in [7, 11) is 0. The highest BCUT2D eigenvalue weighted by Gasteiger charge is 2.32. The van der Waals surface area contributed by atoms with Crippen LogP contribution in [0.1, 0.15) is 56.9 Å². The highest BCUT2D eigenvalue weighted by molar-refractivity contribution is 6.03. The average Bonchev–Trinajstić information content (AvgIpc) is 3.37. The van der Waals surface area contributed by atoms with Crippen LogP contribution in [0.15, 0.2) is 103 Å². The van der Waals surface area contributed by atoms with Gasteiger partial charge in [0.25, 0.3) is 5.91 Å². The van der Waals surface area contributed by atoms with Gasteiger partial charge in [-0.05, 0) is 47.9 Å². The number of aromatic hydroxyl groups is 1. The topological polar surface area (TPSA) is 80.0 Å². The van der Waals surface area contributed by atoms with Crippen molar-refractivity contribution < 1.29 is 9.90 Å². The van der Waals surface area contributed by atoms with Crippen LogP contribution >= 0.6 is 0 Å². The molecule has 1 aromatic heterocycles. The number of benzene rings is 4. The molecule has 1 heterocycles. The molecule has 0 radical (unpaired) electrons. The lowest BCUT2D eigenvalue weighted by Crippen LogP contribution is -2.24. The van der Waals surface area contributed by atoms with Crippen LogP contribution in [0.3, 0.4) is 0 Å². The van der Waals surface area contributed by atoms with Crippen LogP contribution < -0.4 is 5.32 Å². The second-order valence-corrected chi connectivity index (χ2v) is 11.3. The van der Waals surface area contributed by atoms with Gasteiger partial charge in [0.2, 0.25) is 0 Å². The van der Waals surface area contributed by atoms with Crippen molar-refractivity contribution in [3.63, 3.8) is 0 Å². The van der Waals surface area contributed by atoms with Crippen LogP contribution in [0, 0.1) is 0 Å². The Morgan fingerprint density at radius 3 is 1.95 bits per heavy atom. The standard InChI is InChI=1S/C34H34N4O2/c1-22(2)32(40)35-26-17-18-28-29(21-26)37-38(36-28)30-20-25(33(3,4)23-13-9-7-10-14-23)19-27(31(30)39)34(5,6)24-15-11-8-12-16-24/h7-21,39H,1H2,2-6H3,(H,35,40). The van der Waals surface area contributed by atoms with E-state index in [-0.39, 0.29) is 17.1 Å². The normalized spacial score (nSPS) is 11.9. The lowest BCUT2D eigenvalue weighted by molar-refractivity contribution is -0.112. The van der Waals surface area contributed by atoms with Crippen molar-refractivity contribution in [3.05, 3.63) is 125 Å². The minimum absolute atomic E-state index is 0.123. The molecule has 0 aliphatic rings. The molecule has 202 valence electrons. The van der Waals surface area contributed by atoms with E-state index in [0.717, 1.165) is 22.3 Å². The summed E-state index contributed by atoms with van der Waals surface area (Å²) >= 11 is 0. The number of carbonyl (C=O) groups is 1. The van der Waals surface area contributed by atoms with E-state index < -0.39 is 5.41 Å². The Labute approximate surface area is 235 Å². The molecule has 0 aliphatic heterocycles. The fourth-order valence-corrected chi connectivity index (χ4v) is 4.98. The number of hydrogen-bond donors (Lipinski definition) is 2. The Morgan fingerprint density at radius 2 is 1.35 bits per heavy atom. The number of rotatable bonds is 7. The summed E-state index contributed by atoms with van der Waals surface area (Å²) in [6, 6.07) is 29.9. The Balaban J connectivity index is 1.70. The van der Waals surface area contributed by atoms with Crippen LogP contribution in [0.25, 0.3) is 16.7 Å². The Bertz CT molecular complexity index is 1720. The molecule has 0 saturated heterocycles. The smallest absolute Gasteiger partial charge is 0.250 e.